The summed E-state index contributed by atoms with van der Waals surface area (Å²) in [6.45, 7) is 11.9. The number of halogens is 1. The highest BCUT2D eigenvalue weighted by Crippen LogP contribution is 2.35. The van der Waals surface area contributed by atoms with Crippen LogP contribution in [0.25, 0.3) is 11.8 Å². The van der Waals surface area contributed by atoms with Crippen molar-refractivity contribution in [2.75, 3.05) is 0 Å². The molecule has 0 N–H and O–H groups in total. The van der Waals surface area contributed by atoms with Gasteiger partial charge < -0.3 is 4.57 Å². The minimum absolute atomic E-state index is 0.0323. The molecule has 1 fully saturated rings. The zero-order chi connectivity index (χ0) is 20.6. The first kappa shape index (κ1) is 20.4. The molecule has 2 aromatic rings. The van der Waals surface area contributed by atoms with Gasteiger partial charge in [-0.25, -0.2) is 4.39 Å². The molecular weight excluding hydrogens is 373 g/mol. The molecule has 0 atom stereocenters. The van der Waals surface area contributed by atoms with E-state index >= 15 is 0 Å². The zero-order valence-electron chi connectivity index (χ0n) is 17.2. The summed E-state index contributed by atoms with van der Waals surface area (Å²) in [6.07, 6.45) is 1.89. The lowest BCUT2D eigenvalue weighted by molar-refractivity contribution is -0.123. The Labute approximate surface area is 170 Å². The predicted molar refractivity (Wildman–Crippen MR) is 115 cm³/mol. The van der Waals surface area contributed by atoms with Crippen LogP contribution in [0.2, 0.25) is 0 Å². The number of rotatable bonds is 4. The molecule has 1 saturated heterocycles. The van der Waals surface area contributed by atoms with Gasteiger partial charge in [0.2, 0.25) is 0 Å². The topological polar surface area (TPSA) is 37.6 Å². The first-order valence-electron chi connectivity index (χ1n) is 9.45. The van der Waals surface area contributed by atoms with E-state index in [0.717, 1.165) is 22.1 Å². The van der Waals surface area contributed by atoms with E-state index < -0.39 is 0 Å². The molecule has 1 aliphatic heterocycles. The molecule has 148 valence electrons. The van der Waals surface area contributed by atoms with Crippen molar-refractivity contribution < 1.29 is 9.18 Å². The van der Waals surface area contributed by atoms with Crippen LogP contribution in [-0.2, 0) is 4.79 Å². The average molecular weight is 400 g/mol. The van der Waals surface area contributed by atoms with Crippen molar-refractivity contribution in [3.8, 4) is 5.69 Å². The Morgan fingerprint density at radius 2 is 1.82 bits per heavy atom. The third kappa shape index (κ3) is 3.78. The third-order valence-corrected chi connectivity index (χ3v) is 5.57. The maximum absolute atomic E-state index is 14.3. The van der Waals surface area contributed by atoms with Gasteiger partial charge in [-0.2, -0.15) is 0 Å². The van der Waals surface area contributed by atoms with E-state index in [4.69, 9.17) is 0 Å². The number of thioether (sulfide) groups is 1. The third-order valence-electron chi connectivity index (χ3n) is 4.57. The van der Waals surface area contributed by atoms with Crippen LogP contribution < -0.4 is 0 Å². The van der Waals surface area contributed by atoms with E-state index in [9.17, 15) is 9.18 Å². The number of aliphatic imine (C=N–C) groups is 1. The number of carbonyl (C=O) groups excluding carboxylic acids is 1. The Bertz CT molecular complexity index is 972. The largest absolute Gasteiger partial charge is 0.315 e. The fourth-order valence-electron chi connectivity index (χ4n) is 3.33. The lowest BCUT2D eigenvalue weighted by Crippen LogP contribution is -2.35. The highest BCUT2D eigenvalue weighted by atomic mass is 32.2. The highest BCUT2D eigenvalue weighted by Gasteiger charge is 2.35. The molecule has 28 heavy (non-hydrogen) atoms. The number of carbonyl (C=O) groups is 1. The highest BCUT2D eigenvalue weighted by molar-refractivity contribution is 8.18. The van der Waals surface area contributed by atoms with Crippen LogP contribution >= 0.6 is 11.8 Å². The van der Waals surface area contributed by atoms with Gasteiger partial charge in [-0.05, 0) is 83.1 Å². The number of amides is 1. The van der Waals surface area contributed by atoms with Gasteiger partial charge in [0.05, 0.1) is 10.6 Å². The molecule has 1 amide bonds. The van der Waals surface area contributed by atoms with E-state index in [1.165, 1.54) is 17.8 Å². The normalized spacial score (nSPS) is 17.8. The SMILES string of the molecule is Cc1cc(/C=C2\SC(=NC(C)C)N(C(C)C)C2=O)c(C)n1-c1ccccc1F. The second-order valence-electron chi connectivity index (χ2n) is 7.50. The molecule has 1 aliphatic rings. The van der Waals surface area contributed by atoms with Crippen molar-refractivity contribution in [3.63, 3.8) is 0 Å². The van der Waals surface area contributed by atoms with Crippen LogP contribution in [0.5, 0.6) is 0 Å². The minimum atomic E-state index is -0.271. The van der Waals surface area contributed by atoms with Crippen LogP contribution in [0.4, 0.5) is 4.39 Å². The van der Waals surface area contributed by atoms with Gasteiger partial charge in [-0.1, -0.05) is 12.1 Å². The number of benzene rings is 1. The van der Waals surface area contributed by atoms with Crippen molar-refractivity contribution in [2.45, 2.75) is 53.6 Å². The summed E-state index contributed by atoms with van der Waals surface area (Å²) in [5, 5.41) is 0.740. The second-order valence-corrected chi connectivity index (χ2v) is 8.51. The van der Waals surface area contributed by atoms with Crippen molar-refractivity contribution >= 4 is 28.9 Å². The molecule has 0 bridgehead atoms. The summed E-state index contributed by atoms with van der Waals surface area (Å²) >= 11 is 1.41. The fraction of sp³-hybridized carbons (Fsp3) is 0.364. The van der Waals surface area contributed by atoms with E-state index in [2.05, 4.69) is 4.99 Å². The van der Waals surface area contributed by atoms with Crippen molar-refractivity contribution in [1.82, 2.24) is 9.47 Å². The van der Waals surface area contributed by atoms with Gasteiger partial charge in [0.25, 0.3) is 5.91 Å². The Kier molecular flexibility index (Phi) is 5.79. The van der Waals surface area contributed by atoms with Crippen LogP contribution in [-0.4, -0.2) is 32.6 Å². The van der Waals surface area contributed by atoms with E-state index in [1.54, 1.807) is 17.0 Å². The van der Waals surface area contributed by atoms with Gasteiger partial charge >= 0.3 is 0 Å². The predicted octanol–water partition coefficient (Wildman–Crippen LogP) is 5.32. The number of nitrogens with zero attached hydrogens (tertiary/aromatic N) is 3. The molecule has 0 radical (unpaired) electrons. The van der Waals surface area contributed by atoms with Crippen molar-refractivity contribution in [1.29, 1.82) is 0 Å². The minimum Gasteiger partial charge on any atom is -0.315 e. The number of aromatic nitrogens is 1. The number of para-hydroxylation sites is 1. The first-order valence-corrected chi connectivity index (χ1v) is 10.3. The second kappa shape index (κ2) is 7.95. The maximum atomic E-state index is 14.3. The number of hydrogen-bond acceptors (Lipinski definition) is 3. The maximum Gasteiger partial charge on any atom is 0.266 e. The Morgan fingerprint density at radius 1 is 1.14 bits per heavy atom. The molecule has 1 aromatic carbocycles. The van der Waals surface area contributed by atoms with Crippen molar-refractivity contribution in [3.05, 3.63) is 58.0 Å². The van der Waals surface area contributed by atoms with Crippen LogP contribution in [0.15, 0.2) is 40.2 Å². The van der Waals surface area contributed by atoms with Gasteiger partial charge in [-0.15, -0.1) is 0 Å². The van der Waals surface area contributed by atoms with E-state index in [1.807, 2.05) is 64.3 Å². The van der Waals surface area contributed by atoms with Crippen LogP contribution in [0, 0.1) is 19.7 Å². The molecule has 0 aliphatic carbocycles. The van der Waals surface area contributed by atoms with Gasteiger partial charge in [0, 0.05) is 23.5 Å². The molecule has 0 unspecified atom stereocenters. The number of aryl methyl sites for hydroxylation is 1. The monoisotopic (exact) mass is 399 g/mol. The number of amidine groups is 1. The van der Waals surface area contributed by atoms with Gasteiger partial charge in [0.15, 0.2) is 5.17 Å². The molecule has 1 aromatic heterocycles. The summed E-state index contributed by atoms with van der Waals surface area (Å²) in [5.41, 5.74) is 3.24. The molecule has 2 heterocycles. The van der Waals surface area contributed by atoms with Crippen LogP contribution in [0.3, 0.4) is 0 Å². The van der Waals surface area contributed by atoms with Gasteiger partial charge in [0.1, 0.15) is 5.82 Å². The Balaban J connectivity index is 2.04. The molecule has 0 spiro atoms. The molecule has 6 heteroatoms. The van der Waals surface area contributed by atoms with E-state index in [0.29, 0.717) is 10.6 Å². The Morgan fingerprint density at radius 3 is 2.43 bits per heavy atom. The smallest absolute Gasteiger partial charge is 0.266 e. The summed E-state index contributed by atoms with van der Waals surface area (Å²) in [5.74, 6) is -0.303. The van der Waals surface area contributed by atoms with E-state index in [-0.39, 0.29) is 23.8 Å². The lowest BCUT2D eigenvalue weighted by atomic mass is 10.2. The molecule has 0 saturated carbocycles. The van der Waals surface area contributed by atoms with Gasteiger partial charge in [-0.3, -0.25) is 14.7 Å². The zero-order valence-corrected chi connectivity index (χ0v) is 18.0. The fourth-order valence-corrected chi connectivity index (χ4v) is 4.56. The summed E-state index contributed by atoms with van der Waals surface area (Å²) in [7, 11) is 0. The molecular formula is C22H26FN3OS. The Hall–Kier alpha value is -2.34. The molecule has 3 rings (SSSR count). The summed E-state index contributed by atoms with van der Waals surface area (Å²) in [4.78, 5) is 20.0. The van der Waals surface area contributed by atoms with Crippen molar-refractivity contribution in [2.24, 2.45) is 4.99 Å². The lowest BCUT2D eigenvalue weighted by Gasteiger charge is -2.20. The molecule has 4 nitrogen and oxygen atoms in total. The van der Waals surface area contributed by atoms with Crippen LogP contribution in [0.1, 0.15) is 44.6 Å². The quantitative estimate of drug-likeness (QED) is 0.652. The standard InChI is InChI=1S/C22H26FN3OS/c1-13(2)24-22-25(14(3)4)21(27)20(28-22)12-17-11-15(5)26(16(17)6)19-10-8-7-9-18(19)23/h7-14H,1-6H3/b20-12-,24-22?. The summed E-state index contributed by atoms with van der Waals surface area (Å²) in [6, 6.07) is 8.85. The number of hydrogen-bond donors (Lipinski definition) is 0. The first-order chi connectivity index (χ1) is 13.2. The summed E-state index contributed by atoms with van der Waals surface area (Å²) < 4.78 is 16.2. The average Bonchev–Trinajstić information content (AvgIpc) is 3.05.